The minimum atomic E-state index is -4.07. The van der Waals surface area contributed by atoms with Crippen LogP contribution in [0.4, 0.5) is 5.69 Å². The average Bonchev–Trinajstić information content (AvgIpc) is 3.73. The van der Waals surface area contributed by atoms with Gasteiger partial charge in [-0.2, -0.15) is 17.9 Å². The molecule has 0 unspecified atom stereocenters. The molecule has 6 heterocycles. The molecule has 0 atom stereocenters. The molecule has 12 nitrogen and oxygen atoms in total. The van der Waals surface area contributed by atoms with Crippen LogP contribution in [-0.4, -0.2) is 93.6 Å². The van der Waals surface area contributed by atoms with Crippen molar-refractivity contribution in [2.45, 2.75) is 11.6 Å². The first-order valence-corrected chi connectivity index (χ1v) is 15.4. The highest BCUT2D eigenvalue weighted by molar-refractivity contribution is 7.92. The zero-order chi connectivity index (χ0) is 29.9. The van der Waals surface area contributed by atoms with Gasteiger partial charge in [-0.05, 0) is 42.9 Å². The van der Waals surface area contributed by atoms with Gasteiger partial charge in [0.1, 0.15) is 5.65 Å². The number of piperazine rings is 1. The number of sulfonamides is 1. The summed E-state index contributed by atoms with van der Waals surface area (Å²) in [6.45, 7) is 3.48. The van der Waals surface area contributed by atoms with Crippen molar-refractivity contribution in [3.63, 3.8) is 0 Å². The van der Waals surface area contributed by atoms with Gasteiger partial charge in [0.25, 0.3) is 15.9 Å². The van der Waals surface area contributed by atoms with E-state index in [1.165, 1.54) is 10.6 Å². The van der Waals surface area contributed by atoms with Crippen molar-refractivity contribution in [1.29, 1.82) is 0 Å². The Labute approximate surface area is 249 Å². The number of imidazole rings is 1. The van der Waals surface area contributed by atoms with Crippen molar-refractivity contribution in [2.75, 3.05) is 44.7 Å². The second-order valence-corrected chi connectivity index (χ2v) is 12.8. The Morgan fingerprint density at radius 3 is 2.26 bits per heavy atom. The number of carbonyl (C=O) groups is 1. The van der Waals surface area contributed by atoms with Crippen LogP contribution >= 0.6 is 0 Å². The quantitative estimate of drug-likeness (QED) is 0.304. The largest absolute Gasteiger partial charge is 0.336 e. The van der Waals surface area contributed by atoms with E-state index < -0.39 is 10.0 Å². The molecule has 4 aromatic heterocycles. The topological polar surface area (TPSA) is 112 Å². The smallest absolute Gasteiger partial charge is 0.295 e. The maximum Gasteiger partial charge on any atom is 0.295 e. The Kier molecular flexibility index (Phi) is 6.52. The van der Waals surface area contributed by atoms with E-state index in [0.29, 0.717) is 42.2 Å². The second-order valence-electron chi connectivity index (χ2n) is 11.1. The van der Waals surface area contributed by atoms with Crippen LogP contribution in [-0.2, 0) is 23.6 Å². The minimum Gasteiger partial charge on any atom is -0.336 e. The highest BCUT2D eigenvalue weighted by Gasteiger charge is 2.38. The molecule has 1 amide bonds. The van der Waals surface area contributed by atoms with Gasteiger partial charge in [-0.15, -0.1) is 0 Å². The molecule has 1 aromatic carbocycles. The number of aromatic nitrogens is 5. The predicted molar refractivity (Wildman–Crippen MR) is 162 cm³/mol. The SMILES string of the molecule is CN1CCN(C(=O)c2ccc(-c3cnc4c(c3)N(S(=O)(=O)c3cnc5ccc(-c6cnn(C)c6)cn35)N(C)C4)cc2)CC1. The van der Waals surface area contributed by atoms with E-state index in [4.69, 9.17) is 0 Å². The van der Waals surface area contributed by atoms with Gasteiger partial charge in [-0.1, -0.05) is 12.1 Å². The van der Waals surface area contributed by atoms with E-state index in [2.05, 4.69) is 27.0 Å². The number of hydrogen-bond donors (Lipinski definition) is 0. The molecule has 43 heavy (non-hydrogen) atoms. The lowest BCUT2D eigenvalue weighted by Crippen LogP contribution is -2.47. The third-order valence-corrected chi connectivity index (χ3v) is 9.86. The summed E-state index contributed by atoms with van der Waals surface area (Å²) in [5.41, 5.74) is 5.57. The Hall–Kier alpha value is -4.59. The number of benzene rings is 1. The van der Waals surface area contributed by atoms with Crippen LogP contribution in [0.15, 0.2) is 78.5 Å². The molecule has 0 spiro atoms. The van der Waals surface area contributed by atoms with Gasteiger partial charge >= 0.3 is 0 Å². The second kappa shape index (κ2) is 10.3. The Morgan fingerprint density at radius 2 is 1.53 bits per heavy atom. The summed E-state index contributed by atoms with van der Waals surface area (Å²) >= 11 is 0. The van der Waals surface area contributed by atoms with Gasteiger partial charge in [-0.25, -0.2) is 9.99 Å². The van der Waals surface area contributed by atoms with Crippen LogP contribution in [0.2, 0.25) is 0 Å². The van der Waals surface area contributed by atoms with E-state index >= 15 is 0 Å². The van der Waals surface area contributed by atoms with Gasteiger partial charge in [0.15, 0.2) is 5.03 Å². The fourth-order valence-electron chi connectivity index (χ4n) is 5.68. The first kappa shape index (κ1) is 27.3. The van der Waals surface area contributed by atoms with Crippen LogP contribution < -0.4 is 4.41 Å². The Balaban J connectivity index is 1.20. The summed E-state index contributed by atoms with van der Waals surface area (Å²) < 4.78 is 33.0. The van der Waals surface area contributed by atoms with Crippen LogP contribution in [0.25, 0.3) is 27.9 Å². The number of nitrogens with zero attached hydrogens (tertiary/aromatic N) is 9. The van der Waals surface area contributed by atoms with Gasteiger partial charge in [0.05, 0.1) is 30.3 Å². The summed E-state index contributed by atoms with van der Waals surface area (Å²) in [4.78, 5) is 26.1. The van der Waals surface area contributed by atoms with E-state index in [1.807, 2.05) is 54.5 Å². The molecule has 5 aromatic rings. The molecule has 2 aliphatic heterocycles. The number of aryl methyl sites for hydroxylation is 1. The maximum atomic E-state index is 14.2. The zero-order valence-electron chi connectivity index (χ0n) is 24.1. The number of hydrazine groups is 1. The number of pyridine rings is 2. The van der Waals surface area contributed by atoms with Gasteiger partial charge in [0, 0.05) is 81.1 Å². The molecule has 0 saturated carbocycles. The van der Waals surface area contributed by atoms with Crippen molar-refractivity contribution >= 4 is 27.3 Å². The highest BCUT2D eigenvalue weighted by atomic mass is 32.2. The molecule has 1 fully saturated rings. The third-order valence-electron chi connectivity index (χ3n) is 8.10. The normalized spacial score (nSPS) is 16.3. The molecule has 220 valence electrons. The van der Waals surface area contributed by atoms with Crippen molar-refractivity contribution in [2.24, 2.45) is 7.05 Å². The van der Waals surface area contributed by atoms with Crippen LogP contribution in [0, 0.1) is 0 Å². The third kappa shape index (κ3) is 4.75. The molecule has 7 rings (SSSR count). The molecule has 13 heteroatoms. The number of rotatable bonds is 5. The summed E-state index contributed by atoms with van der Waals surface area (Å²) in [5, 5.41) is 5.92. The molecule has 0 aliphatic carbocycles. The lowest BCUT2D eigenvalue weighted by molar-refractivity contribution is 0.0664. The first-order valence-electron chi connectivity index (χ1n) is 14.0. The molecule has 2 aliphatic rings. The summed E-state index contributed by atoms with van der Waals surface area (Å²) in [5.74, 6) is 0.0188. The minimum absolute atomic E-state index is 0.0188. The lowest BCUT2D eigenvalue weighted by Gasteiger charge is -2.32. The van der Waals surface area contributed by atoms with Crippen LogP contribution in [0.1, 0.15) is 16.1 Å². The molecular formula is C30H31N9O3S. The summed E-state index contributed by atoms with van der Waals surface area (Å²) in [6.07, 6.45) is 8.51. The van der Waals surface area contributed by atoms with E-state index in [-0.39, 0.29) is 10.9 Å². The van der Waals surface area contributed by atoms with Gasteiger partial charge in [-0.3, -0.25) is 18.9 Å². The first-order chi connectivity index (χ1) is 20.7. The van der Waals surface area contributed by atoms with Crippen LogP contribution in [0.3, 0.4) is 0 Å². The molecule has 0 radical (unpaired) electrons. The fraction of sp³-hybridized carbons (Fsp3) is 0.267. The zero-order valence-corrected chi connectivity index (χ0v) is 24.9. The fourth-order valence-corrected chi connectivity index (χ4v) is 7.28. The number of carbonyl (C=O) groups excluding carboxylic acids is 1. The molecular weight excluding hydrogens is 566 g/mol. The summed E-state index contributed by atoms with van der Waals surface area (Å²) in [7, 11) is 1.55. The lowest BCUT2D eigenvalue weighted by atomic mass is 10.0. The number of likely N-dealkylation sites (N-methyl/N-ethyl adjacent to an activating group) is 1. The van der Waals surface area contributed by atoms with E-state index in [1.54, 1.807) is 45.8 Å². The van der Waals surface area contributed by atoms with Crippen molar-refractivity contribution in [3.05, 3.63) is 84.7 Å². The predicted octanol–water partition coefficient (Wildman–Crippen LogP) is 2.74. The molecule has 0 N–H and O–H groups in total. The monoisotopic (exact) mass is 597 g/mol. The van der Waals surface area contributed by atoms with E-state index in [0.717, 1.165) is 35.3 Å². The highest BCUT2D eigenvalue weighted by Crippen LogP contribution is 2.37. The Morgan fingerprint density at radius 1 is 0.791 bits per heavy atom. The number of hydrogen-bond acceptors (Lipinski definition) is 8. The molecule has 0 bridgehead atoms. The Bertz CT molecular complexity index is 1960. The number of amides is 1. The van der Waals surface area contributed by atoms with Crippen molar-refractivity contribution in [1.82, 2.24) is 39.0 Å². The van der Waals surface area contributed by atoms with Gasteiger partial charge in [0.2, 0.25) is 0 Å². The van der Waals surface area contributed by atoms with E-state index in [9.17, 15) is 13.2 Å². The van der Waals surface area contributed by atoms with Crippen LogP contribution in [0.5, 0.6) is 0 Å². The summed E-state index contributed by atoms with van der Waals surface area (Å²) in [6, 6.07) is 12.9. The maximum absolute atomic E-state index is 14.2. The standard InChI is InChI=1S/C30H31N9O3S/c1-34-10-12-37(13-11-34)30(40)22-6-4-21(5-7-22)24-14-27-26(31-15-24)20-36(3)39(27)43(41,42)29-17-32-28-9-8-23(19-38(28)29)25-16-33-35(2)18-25/h4-9,14-19H,10-13,20H2,1-3H3. The number of fused-ring (bicyclic) bond motifs is 2. The van der Waals surface area contributed by atoms with Crippen molar-refractivity contribution in [3.8, 4) is 22.3 Å². The average molecular weight is 598 g/mol. The molecule has 1 saturated heterocycles. The number of anilines is 1. The van der Waals surface area contributed by atoms with Gasteiger partial charge < -0.3 is 9.80 Å². The van der Waals surface area contributed by atoms with Crippen molar-refractivity contribution < 1.29 is 13.2 Å².